The molecule has 0 saturated carbocycles. The molecule has 25 heavy (non-hydrogen) atoms. The van der Waals surface area contributed by atoms with Crippen molar-refractivity contribution in [2.24, 2.45) is 0 Å². The van der Waals surface area contributed by atoms with Gasteiger partial charge in [0.15, 0.2) is 0 Å². The number of para-hydroxylation sites is 1. The summed E-state index contributed by atoms with van der Waals surface area (Å²) >= 11 is 0. The molecule has 2 aromatic carbocycles. The predicted molar refractivity (Wildman–Crippen MR) is 95.4 cm³/mol. The van der Waals surface area contributed by atoms with Crippen LogP contribution in [0.5, 0.6) is 11.5 Å². The van der Waals surface area contributed by atoms with E-state index < -0.39 is 0 Å². The standard InChI is InChI=1S/C20H22N2O3/c1-15-7-8-18(13-16(15)2)24-11-12-25-19-6-4-3-5-17(19)14-22-20(23)9-10-21/h3-8,13H,9,11-12,14H2,1-2H3,(H,22,23). The Morgan fingerprint density at radius 3 is 2.60 bits per heavy atom. The zero-order valence-electron chi connectivity index (χ0n) is 14.5. The Labute approximate surface area is 148 Å². The second kappa shape index (κ2) is 9.33. The third-order valence-electron chi connectivity index (χ3n) is 3.78. The molecule has 0 aliphatic heterocycles. The molecule has 0 aliphatic rings. The SMILES string of the molecule is Cc1ccc(OCCOc2ccccc2CNC(=O)CC#N)cc1C. The number of rotatable bonds is 8. The van der Waals surface area contributed by atoms with Crippen molar-refractivity contribution in [3.8, 4) is 17.6 Å². The number of hydrogen-bond acceptors (Lipinski definition) is 4. The largest absolute Gasteiger partial charge is 0.490 e. The van der Waals surface area contributed by atoms with Crippen LogP contribution in [0.2, 0.25) is 0 Å². The maximum atomic E-state index is 11.4. The van der Waals surface area contributed by atoms with Crippen LogP contribution in [0.3, 0.4) is 0 Å². The summed E-state index contributed by atoms with van der Waals surface area (Å²) < 4.78 is 11.5. The summed E-state index contributed by atoms with van der Waals surface area (Å²) in [5.41, 5.74) is 3.29. The van der Waals surface area contributed by atoms with Crippen molar-refractivity contribution in [2.45, 2.75) is 26.8 Å². The normalized spacial score (nSPS) is 9.96. The minimum absolute atomic E-state index is 0.146. The molecule has 5 heteroatoms. The van der Waals surface area contributed by atoms with Crippen LogP contribution in [0.15, 0.2) is 42.5 Å². The van der Waals surface area contributed by atoms with Crippen molar-refractivity contribution in [3.05, 3.63) is 59.2 Å². The molecule has 1 amide bonds. The summed E-state index contributed by atoms with van der Waals surface area (Å²) in [6.07, 6.45) is -0.146. The highest BCUT2D eigenvalue weighted by atomic mass is 16.5. The van der Waals surface area contributed by atoms with Crippen molar-refractivity contribution in [1.29, 1.82) is 5.26 Å². The van der Waals surface area contributed by atoms with Gasteiger partial charge in [-0.25, -0.2) is 0 Å². The van der Waals surface area contributed by atoms with Crippen molar-refractivity contribution in [1.82, 2.24) is 5.32 Å². The first kappa shape index (κ1) is 18.3. The Bertz CT molecular complexity index is 766. The maximum Gasteiger partial charge on any atom is 0.234 e. The van der Waals surface area contributed by atoms with E-state index in [1.54, 1.807) is 0 Å². The van der Waals surface area contributed by atoms with Crippen molar-refractivity contribution >= 4 is 5.91 Å². The van der Waals surface area contributed by atoms with E-state index >= 15 is 0 Å². The lowest BCUT2D eigenvalue weighted by molar-refractivity contribution is -0.120. The molecule has 5 nitrogen and oxygen atoms in total. The highest BCUT2D eigenvalue weighted by Gasteiger charge is 2.06. The molecule has 0 fully saturated rings. The average molecular weight is 338 g/mol. The molecule has 1 N–H and O–H groups in total. The summed E-state index contributed by atoms with van der Waals surface area (Å²) in [6, 6.07) is 15.3. The highest BCUT2D eigenvalue weighted by molar-refractivity contribution is 5.78. The molecule has 0 unspecified atom stereocenters. The van der Waals surface area contributed by atoms with Crippen LogP contribution in [0.4, 0.5) is 0 Å². The second-order valence-electron chi connectivity index (χ2n) is 5.66. The van der Waals surface area contributed by atoms with E-state index in [9.17, 15) is 4.79 Å². The van der Waals surface area contributed by atoms with E-state index in [4.69, 9.17) is 14.7 Å². The van der Waals surface area contributed by atoms with Gasteiger partial charge in [0.05, 0.1) is 6.07 Å². The number of ether oxygens (including phenoxy) is 2. The minimum atomic E-state index is -0.296. The van der Waals surface area contributed by atoms with Crippen LogP contribution in [0.1, 0.15) is 23.1 Å². The molecule has 0 saturated heterocycles. The van der Waals surface area contributed by atoms with Crippen LogP contribution < -0.4 is 14.8 Å². The number of aryl methyl sites for hydroxylation is 2. The number of nitrogens with one attached hydrogen (secondary N) is 1. The molecule has 0 bridgehead atoms. The van der Waals surface area contributed by atoms with Gasteiger partial charge in [-0.2, -0.15) is 5.26 Å². The van der Waals surface area contributed by atoms with Gasteiger partial charge in [0, 0.05) is 12.1 Å². The summed E-state index contributed by atoms with van der Waals surface area (Å²) in [6.45, 7) is 5.27. The summed E-state index contributed by atoms with van der Waals surface area (Å²) in [7, 11) is 0. The Balaban J connectivity index is 1.83. The van der Waals surface area contributed by atoms with Gasteiger partial charge in [-0.3, -0.25) is 4.79 Å². The van der Waals surface area contributed by atoms with Gasteiger partial charge in [0.2, 0.25) is 5.91 Å². The molecular weight excluding hydrogens is 316 g/mol. The number of benzene rings is 2. The lowest BCUT2D eigenvalue weighted by Gasteiger charge is -2.13. The smallest absolute Gasteiger partial charge is 0.234 e. The van der Waals surface area contributed by atoms with E-state index in [1.165, 1.54) is 11.1 Å². The lowest BCUT2D eigenvalue weighted by atomic mass is 10.1. The maximum absolute atomic E-state index is 11.4. The Kier molecular flexibility index (Phi) is 6.85. The molecule has 2 rings (SSSR count). The number of amides is 1. The van der Waals surface area contributed by atoms with Crippen molar-refractivity contribution < 1.29 is 14.3 Å². The van der Waals surface area contributed by atoms with E-state index in [0.717, 1.165) is 11.3 Å². The molecule has 0 atom stereocenters. The van der Waals surface area contributed by atoms with Crippen LogP contribution in [0, 0.1) is 25.2 Å². The Morgan fingerprint density at radius 1 is 1.08 bits per heavy atom. The van der Waals surface area contributed by atoms with Crippen LogP contribution in [-0.4, -0.2) is 19.1 Å². The first-order valence-electron chi connectivity index (χ1n) is 8.14. The molecule has 130 valence electrons. The minimum Gasteiger partial charge on any atom is -0.490 e. The molecule has 0 aliphatic carbocycles. The lowest BCUT2D eigenvalue weighted by Crippen LogP contribution is -2.22. The first-order valence-corrected chi connectivity index (χ1v) is 8.14. The molecule has 0 spiro atoms. The second-order valence-corrected chi connectivity index (χ2v) is 5.66. The quantitative estimate of drug-likeness (QED) is 0.750. The van der Waals surface area contributed by atoms with Crippen molar-refractivity contribution in [2.75, 3.05) is 13.2 Å². The molecular formula is C20H22N2O3. The van der Waals surface area contributed by atoms with Crippen LogP contribution in [0.25, 0.3) is 0 Å². The van der Waals surface area contributed by atoms with E-state index in [-0.39, 0.29) is 12.3 Å². The fourth-order valence-corrected chi connectivity index (χ4v) is 2.23. The summed E-state index contributed by atoms with van der Waals surface area (Å²) in [4.78, 5) is 11.4. The van der Waals surface area contributed by atoms with Gasteiger partial charge in [-0.1, -0.05) is 24.3 Å². The highest BCUT2D eigenvalue weighted by Crippen LogP contribution is 2.19. The number of nitrogens with zero attached hydrogens (tertiary/aromatic N) is 1. The zero-order chi connectivity index (χ0) is 18.1. The van der Waals surface area contributed by atoms with E-state index in [1.807, 2.05) is 48.5 Å². The number of nitriles is 1. The predicted octanol–water partition coefficient (Wildman–Crippen LogP) is 3.29. The molecule has 0 radical (unpaired) electrons. The third-order valence-corrected chi connectivity index (χ3v) is 3.78. The van der Waals surface area contributed by atoms with Crippen LogP contribution in [-0.2, 0) is 11.3 Å². The molecule has 0 heterocycles. The van der Waals surface area contributed by atoms with Gasteiger partial charge in [-0.05, 0) is 43.2 Å². The first-order chi connectivity index (χ1) is 12.1. The topological polar surface area (TPSA) is 71.3 Å². The fourth-order valence-electron chi connectivity index (χ4n) is 2.23. The number of carbonyl (C=O) groups is 1. The molecule has 0 aromatic heterocycles. The Morgan fingerprint density at radius 2 is 1.84 bits per heavy atom. The third kappa shape index (κ3) is 5.85. The summed E-state index contributed by atoms with van der Waals surface area (Å²) in [5, 5.41) is 11.2. The van der Waals surface area contributed by atoms with Crippen LogP contribution >= 0.6 is 0 Å². The zero-order valence-corrected chi connectivity index (χ0v) is 14.5. The van der Waals surface area contributed by atoms with Gasteiger partial charge in [0.25, 0.3) is 0 Å². The fraction of sp³-hybridized carbons (Fsp3) is 0.300. The van der Waals surface area contributed by atoms with Gasteiger partial charge >= 0.3 is 0 Å². The Hall–Kier alpha value is -3.00. The molecule has 2 aromatic rings. The van der Waals surface area contributed by atoms with Gasteiger partial charge in [-0.15, -0.1) is 0 Å². The monoisotopic (exact) mass is 338 g/mol. The van der Waals surface area contributed by atoms with Gasteiger partial charge < -0.3 is 14.8 Å². The van der Waals surface area contributed by atoms with E-state index in [2.05, 4.69) is 19.2 Å². The number of hydrogen-bond donors (Lipinski definition) is 1. The average Bonchev–Trinajstić information content (AvgIpc) is 2.61. The van der Waals surface area contributed by atoms with E-state index in [0.29, 0.717) is 25.5 Å². The van der Waals surface area contributed by atoms with Gasteiger partial charge in [0.1, 0.15) is 31.1 Å². The number of carbonyl (C=O) groups excluding carboxylic acids is 1. The summed E-state index contributed by atoms with van der Waals surface area (Å²) in [5.74, 6) is 1.22. The van der Waals surface area contributed by atoms with Crippen molar-refractivity contribution in [3.63, 3.8) is 0 Å².